The first-order valence-corrected chi connectivity index (χ1v) is 6.66. The highest BCUT2D eigenvalue weighted by atomic mass is 16.5. The van der Waals surface area contributed by atoms with Gasteiger partial charge >= 0.3 is 0 Å². The molecular weight excluding hydrogens is 224 g/mol. The molecule has 0 heterocycles. The number of likely N-dealkylation sites (N-methyl/N-ethyl adjacent to an activating group) is 1. The molecule has 0 spiro atoms. The second-order valence-electron chi connectivity index (χ2n) is 4.82. The average molecular weight is 250 g/mol. The van der Waals surface area contributed by atoms with Crippen molar-refractivity contribution in [2.45, 2.75) is 19.9 Å². The lowest BCUT2D eigenvalue weighted by molar-refractivity contribution is 0.194. The van der Waals surface area contributed by atoms with Gasteiger partial charge in [0.15, 0.2) is 0 Å². The highest BCUT2D eigenvalue weighted by molar-refractivity contribution is 5.21. The number of methoxy groups -OCH3 is 1. The molecule has 0 radical (unpaired) electrons. The highest BCUT2D eigenvalue weighted by Crippen LogP contribution is 2.05. The van der Waals surface area contributed by atoms with Gasteiger partial charge in [0.25, 0.3) is 0 Å². The molecule has 1 N–H and O–H groups in total. The molecule has 0 fully saturated rings. The highest BCUT2D eigenvalue weighted by Gasteiger charge is 1.99. The first-order valence-electron chi connectivity index (χ1n) is 6.66. The van der Waals surface area contributed by atoms with Gasteiger partial charge in [-0.2, -0.15) is 0 Å². The van der Waals surface area contributed by atoms with Crippen LogP contribution in [0.25, 0.3) is 0 Å². The summed E-state index contributed by atoms with van der Waals surface area (Å²) in [5, 5.41) is 3.42. The van der Waals surface area contributed by atoms with E-state index in [9.17, 15) is 0 Å². The Hall–Kier alpha value is -0.900. The van der Waals surface area contributed by atoms with Crippen molar-refractivity contribution in [3.05, 3.63) is 35.4 Å². The Bertz CT molecular complexity index is 311. The summed E-state index contributed by atoms with van der Waals surface area (Å²) in [6, 6.07) is 8.76. The lowest BCUT2D eigenvalue weighted by Crippen LogP contribution is -2.29. The maximum Gasteiger partial charge on any atom is 0.0474 e. The van der Waals surface area contributed by atoms with Gasteiger partial charge in [0, 0.05) is 33.4 Å². The van der Waals surface area contributed by atoms with Crippen molar-refractivity contribution < 1.29 is 4.74 Å². The van der Waals surface area contributed by atoms with Gasteiger partial charge in [-0.15, -0.1) is 0 Å². The van der Waals surface area contributed by atoms with E-state index in [1.807, 2.05) is 0 Å². The third-order valence-electron chi connectivity index (χ3n) is 2.95. The molecule has 0 aliphatic carbocycles. The molecule has 102 valence electrons. The van der Waals surface area contributed by atoms with Crippen LogP contribution < -0.4 is 5.32 Å². The van der Waals surface area contributed by atoms with Crippen LogP contribution in [0.4, 0.5) is 0 Å². The zero-order valence-corrected chi connectivity index (χ0v) is 11.9. The zero-order valence-electron chi connectivity index (χ0n) is 11.9. The summed E-state index contributed by atoms with van der Waals surface area (Å²) in [6.45, 7) is 7.11. The summed E-state index contributed by atoms with van der Waals surface area (Å²) >= 11 is 0. The third kappa shape index (κ3) is 6.74. The van der Waals surface area contributed by atoms with E-state index in [4.69, 9.17) is 4.74 Å². The van der Waals surface area contributed by atoms with E-state index < -0.39 is 0 Å². The second-order valence-corrected chi connectivity index (χ2v) is 4.82. The molecule has 0 saturated heterocycles. The molecule has 0 bridgehead atoms. The molecule has 1 aromatic carbocycles. The number of nitrogens with one attached hydrogen (secondary N) is 1. The first-order chi connectivity index (χ1) is 8.72. The van der Waals surface area contributed by atoms with Gasteiger partial charge in [0.2, 0.25) is 0 Å². The smallest absolute Gasteiger partial charge is 0.0474 e. The topological polar surface area (TPSA) is 24.5 Å². The normalized spacial score (nSPS) is 11.1. The van der Waals surface area contributed by atoms with Crippen LogP contribution in [0, 0.1) is 6.92 Å². The Morgan fingerprint density at radius 2 is 1.89 bits per heavy atom. The van der Waals surface area contributed by atoms with E-state index in [2.05, 4.69) is 48.5 Å². The molecule has 0 atom stereocenters. The van der Waals surface area contributed by atoms with E-state index in [1.54, 1.807) is 7.11 Å². The molecule has 3 heteroatoms. The Morgan fingerprint density at radius 1 is 1.17 bits per heavy atom. The predicted octanol–water partition coefficient (Wildman–Crippen LogP) is 2.05. The van der Waals surface area contributed by atoms with Crippen molar-refractivity contribution in [2.75, 3.05) is 40.4 Å². The van der Waals surface area contributed by atoms with Crippen molar-refractivity contribution in [3.63, 3.8) is 0 Å². The first kappa shape index (κ1) is 15.2. The number of hydrogen-bond donors (Lipinski definition) is 1. The Kier molecular flexibility index (Phi) is 7.65. The van der Waals surface area contributed by atoms with Crippen LogP contribution >= 0.6 is 0 Å². The van der Waals surface area contributed by atoms with Gasteiger partial charge in [-0.1, -0.05) is 29.8 Å². The van der Waals surface area contributed by atoms with Crippen LogP contribution in [0.15, 0.2) is 24.3 Å². The maximum absolute atomic E-state index is 5.01. The van der Waals surface area contributed by atoms with Crippen molar-refractivity contribution in [2.24, 2.45) is 0 Å². The molecule has 0 amide bonds. The van der Waals surface area contributed by atoms with E-state index in [1.165, 1.54) is 11.1 Å². The van der Waals surface area contributed by atoms with Gasteiger partial charge in [0.1, 0.15) is 0 Å². The van der Waals surface area contributed by atoms with Crippen molar-refractivity contribution in [3.8, 4) is 0 Å². The van der Waals surface area contributed by atoms with Gasteiger partial charge in [0.05, 0.1) is 0 Å². The molecule has 0 aromatic heterocycles. The monoisotopic (exact) mass is 250 g/mol. The van der Waals surface area contributed by atoms with Gasteiger partial charge < -0.3 is 15.0 Å². The molecule has 1 rings (SSSR count). The van der Waals surface area contributed by atoms with E-state index in [0.29, 0.717) is 0 Å². The number of rotatable bonds is 9. The summed E-state index contributed by atoms with van der Waals surface area (Å²) in [5.74, 6) is 0. The quantitative estimate of drug-likeness (QED) is 0.679. The molecule has 0 unspecified atom stereocenters. The lowest BCUT2D eigenvalue weighted by Gasteiger charge is -2.17. The predicted molar refractivity (Wildman–Crippen MR) is 76.9 cm³/mol. The SMILES string of the molecule is COCCCNCCN(C)Cc1ccc(C)cc1. The number of benzene rings is 1. The Balaban J connectivity index is 2.10. The van der Waals surface area contributed by atoms with Crippen LogP contribution in [0.3, 0.4) is 0 Å². The zero-order chi connectivity index (χ0) is 13.2. The van der Waals surface area contributed by atoms with E-state index in [-0.39, 0.29) is 0 Å². The van der Waals surface area contributed by atoms with Crippen molar-refractivity contribution >= 4 is 0 Å². The lowest BCUT2D eigenvalue weighted by atomic mass is 10.1. The van der Waals surface area contributed by atoms with Crippen LogP contribution in [0.1, 0.15) is 17.5 Å². The molecule has 3 nitrogen and oxygen atoms in total. The fourth-order valence-electron chi connectivity index (χ4n) is 1.82. The minimum atomic E-state index is 0.839. The molecule has 1 aromatic rings. The summed E-state index contributed by atoms with van der Waals surface area (Å²) in [6.07, 6.45) is 1.08. The Morgan fingerprint density at radius 3 is 2.56 bits per heavy atom. The minimum absolute atomic E-state index is 0.839. The number of ether oxygens (including phenoxy) is 1. The molecular formula is C15H26N2O. The van der Waals surface area contributed by atoms with E-state index in [0.717, 1.165) is 39.2 Å². The van der Waals surface area contributed by atoms with Crippen molar-refractivity contribution in [1.29, 1.82) is 0 Å². The maximum atomic E-state index is 5.01. The summed E-state index contributed by atoms with van der Waals surface area (Å²) in [4.78, 5) is 2.34. The molecule has 0 aliphatic rings. The molecule has 0 aliphatic heterocycles. The van der Waals surface area contributed by atoms with Gasteiger partial charge in [-0.3, -0.25) is 0 Å². The van der Waals surface area contributed by atoms with Crippen LogP contribution in [-0.2, 0) is 11.3 Å². The number of nitrogens with zero attached hydrogens (tertiary/aromatic N) is 1. The Labute approximate surface area is 111 Å². The summed E-state index contributed by atoms with van der Waals surface area (Å²) in [5.41, 5.74) is 2.70. The summed E-state index contributed by atoms with van der Waals surface area (Å²) < 4.78 is 5.01. The standard InChI is InChI=1S/C15H26N2O/c1-14-5-7-15(8-6-14)13-17(2)11-10-16-9-4-12-18-3/h5-8,16H,4,9-13H2,1-3H3. The van der Waals surface area contributed by atoms with Crippen molar-refractivity contribution in [1.82, 2.24) is 10.2 Å². The largest absolute Gasteiger partial charge is 0.385 e. The number of hydrogen-bond acceptors (Lipinski definition) is 3. The molecule has 18 heavy (non-hydrogen) atoms. The summed E-state index contributed by atoms with van der Waals surface area (Å²) in [7, 11) is 3.91. The number of aryl methyl sites for hydroxylation is 1. The van der Waals surface area contributed by atoms with E-state index >= 15 is 0 Å². The average Bonchev–Trinajstić information content (AvgIpc) is 2.36. The van der Waals surface area contributed by atoms with Crippen LogP contribution in [0.2, 0.25) is 0 Å². The minimum Gasteiger partial charge on any atom is -0.385 e. The van der Waals surface area contributed by atoms with Crippen LogP contribution in [0.5, 0.6) is 0 Å². The third-order valence-corrected chi connectivity index (χ3v) is 2.95. The van der Waals surface area contributed by atoms with Gasteiger partial charge in [-0.25, -0.2) is 0 Å². The van der Waals surface area contributed by atoms with Gasteiger partial charge in [-0.05, 0) is 32.5 Å². The fourth-order valence-corrected chi connectivity index (χ4v) is 1.82. The van der Waals surface area contributed by atoms with Crippen LogP contribution in [-0.4, -0.2) is 45.3 Å². The second kappa shape index (κ2) is 9.09. The fraction of sp³-hybridized carbons (Fsp3) is 0.600. The molecule has 0 saturated carbocycles.